The van der Waals surface area contributed by atoms with Gasteiger partial charge in [-0.15, -0.1) is 5.10 Å². The Morgan fingerprint density at radius 1 is 1.12 bits per heavy atom. The van der Waals surface area contributed by atoms with E-state index in [0.717, 1.165) is 33.6 Å². The van der Waals surface area contributed by atoms with E-state index in [9.17, 15) is 0 Å². The molecule has 4 rings (SSSR count). The SMILES string of the molecule is COc1cc(Cl)c(-c2nc(-n3nnc4ccccc43)cnc2C)cc1C. The zero-order valence-corrected chi connectivity index (χ0v) is 15.3. The fourth-order valence-electron chi connectivity index (χ4n) is 2.90. The molecule has 2 aromatic carbocycles. The number of para-hydroxylation sites is 1. The van der Waals surface area contributed by atoms with Crippen molar-refractivity contribution in [3.05, 3.63) is 58.9 Å². The summed E-state index contributed by atoms with van der Waals surface area (Å²) in [6.45, 7) is 3.87. The molecule has 0 atom stereocenters. The van der Waals surface area contributed by atoms with Gasteiger partial charge in [-0.1, -0.05) is 28.9 Å². The van der Waals surface area contributed by atoms with Gasteiger partial charge in [0.05, 0.1) is 35.2 Å². The summed E-state index contributed by atoms with van der Waals surface area (Å²) in [5.41, 5.74) is 4.94. The number of halogens is 1. The fourth-order valence-corrected chi connectivity index (χ4v) is 3.14. The zero-order valence-electron chi connectivity index (χ0n) is 14.6. The molecular formula is C19H16ClN5O. The predicted molar refractivity (Wildman–Crippen MR) is 101 cm³/mol. The van der Waals surface area contributed by atoms with Crippen LogP contribution in [0.15, 0.2) is 42.6 Å². The molecule has 0 amide bonds. The van der Waals surface area contributed by atoms with E-state index in [1.165, 1.54) is 0 Å². The van der Waals surface area contributed by atoms with Crippen LogP contribution in [0.3, 0.4) is 0 Å². The van der Waals surface area contributed by atoms with Gasteiger partial charge in [-0.3, -0.25) is 4.98 Å². The minimum absolute atomic E-state index is 0.561. The number of fused-ring (bicyclic) bond motifs is 1. The summed E-state index contributed by atoms with van der Waals surface area (Å²) < 4.78 is 7.01. The van der Waals surface area contributed by atoms with Crippen molar-refractivity contribution in [2.45, 2.75) is 13.8 Å². The Labute approximate surface area is 155 Å². The first-order valence-electron chi connectivity index (χ1n) is 8.07. The second kappa shape index (κ2) is 6.38. The molecule has 0 N–H and O–H groups in total. The lowest BCUT2D eigenvalue weighted by atomic mass is 10.1. The second-order valence-corrected chi connectivity index (χ2v) is 6.36. The normalized spacial score (nSPS) is 11.1. The molecule has 2 heterocycles. The van der Waals surface area contributed by atoms with E-state index >= 15 is 0 Å². The molecule has 0 aliphatic carbocycles. The molecule has 6 nitrogen and oxygen atoms in total. The van der Waals surface area contributed by atoms with Gasteiger partial charge in [-0.25, -0.2) is 4.98 Å². The van der Waals surface area contributed by atoms with E-state index < -0.39 is 0 Å². The third-order valence-corrected chi connectivity index (χ3v) is 4.56. The van der Waals surface area contributed by atoms with E-state index in [1.807, 2.05) is 44.2 Å². The largest absolute Gasteiger partial charge is 0.496 e. The molecule has 0 saturated heterocycles. The van der Waals surface area contributed by atoms with Crippen molar-refractivity contribution in [2.24, 2.45) is 0 Å². The van der Waals surface area contributed by atoms with E-state index in [4.69, 9.17) is 21.3 Å². The number of benzene rings is 2. The Balaban J connectivity index is 1.89. The van der Waals surface area contributed by atoms with Crippen molar-refractivity contribution < 1.29 is 4.74 Å². The topological polar surface area (TPSA) is 65.7 Å². The first-order chi connectivity index (χ1) is 12.6. The van der Waals surface area contributed by atoms with Gasteiger partial charge >= 0.3 is 0 Å². The zero-order chi connectivity index (χ0) is 18.3. The lowest BCUT2D eigenvalue weighted by Crippen LogP contribution is -2.04. The smallest absolute Gasteiger partial charge is 0.174 e. The van der Waals surface area contributed by atoms with Gasteiger partial charge in [0.25, 0.3) is 0 Å². The quantitative estimate of drug-likeness (QED) is 0.545. The molecule has 2 aromatic heterocycles. The summed E-state index contributed by atoms with van der Waals surface area (Å²) in [4.78, 5) is 9.26. The van der Waals surface area contributed by atoms with Crippen molar-refractivity contribution >= 4 is 22.6 Å². The number of ether oxygens (including phenoxy) is 1. The molecule has 0 aliphatic heterocycles. The Kier molecular flexibility index (Phi) is 4.05. The highest BCUT2D eigenvalue weighted by molar-refractivity contribution is 6.33. The van der Waals surface area contributed by atoms with Crippen LogP contribution < -0.4 is 4.74 Å². The minimum atomic E-state index is 0.561. The first-order valence-corrected chi connectivity index (χ1v) is 8.45. The van der Waals surface area contributed by atoms with Gasteiger partial charge in [0.2, 0.25) is 0 Å². The molecule has 0 bridgehead atoms. The summed E-state index contributed by atoms with van der Waals surface area (Å²) >= 11 is 6.48. The van der Waals surface area contributed by atoms with Gasteiger partial charge in [-0.2, -0.15) is 4.68 Å². The number of nitrogens with zero attached hydrogens (tertiary/aromatic N) is 5. The van der Waals surface area contributed by atoms with Crippen LogP contribution in [0.1, 0.15) is 11.3 Å². The van der Waals surface area contributed by atoms with Crippen molar-refractivity contribution in [1.82, 2.24) is 25.0 Å². The summed E-state index contributed by atoms with van der Waals surface area (Å²) in [7, 11) is 1.62. The lowest BCUT2D eigenvalue weighted by Gasteiger charge is -2.12. The summed E-state index contributed by atoms with van der Waals surface area (Å²) in [6, 6.07) is 11.5. The molecule has 130 valence electrons. The Morgan fingerprint density at radius 3 is 2.73 bits per heavy atom. The van der Waals surface area contributed by atoms with Crippen LogP contribution in [0, 0.1) is 13.8 Å². The van der Waals surface area contributed by atoms with Crippen molar-refractivity contribution in [3.8, 4) is 22.8 Å². The maximum atomic E-state index is 6.48. The van der Waals surface area contributed by atoms with Gasteiger partial charge in [0.15, 0.2) is 5.82 Å². The van der Waals surface area contributed by atoms with Crippen LogP contribution in [-0.2, 0) is 0 Å². The molecule has 0 spiro atoms. The van der Waals surface area contributed by atoms with Crippen LogP contribution >= 0.6 is 11.6 Å². The maximum Gasteiger partial charge on any atom is 0.174 e. The molecule has 0 radical (unpaired) electrons. The van der Waals surface area contributed by atoms with Crippen LogP contribution in [0.2, 0.25) is 5.02 Å². The molecule has 0 fully saturated rings. The van der Waals surface area contributed by atoms with Crippen molar-refractivity contribution in [2.75, 3.05) is 7.11 Å². The third-order valence-electron chi connectivity index (χ3n) is 4.25. The number of methoxy groups -OCH3 is 1. The highest BCUT2D eigenvalue weighted by Crippen LogP contribution is 2.34. The van der Waals surface area contributed by atoms with Crippen LogP contribution in [0.4, 0.5) is 0 Å². The molecule has 26 heavy (non-hydrogen) atoms. The summed E-state index contributed by atoms with van der Waals surface area (Å²) in [5, 5.41) is 8.95. The van der Waals surface area contributed by atoms with Crippen LogP contribution in [0.25, 0.3) is 28.1 Å². The van der Waals surface area contributed by atoms with Gasteiger partial charge in [0.1, 0.15) is 11.3 Å². The van der Waals surface area contributed by atoms with Crippen molar-refractivity contribution in [1.29, 1.82) is 0 Å². The highest BCUT2D eigenvalue weighted by Gasteiger charge is 2.15. The number of aromatic nitrogens is 5. The number of hydrogen-bond donors (Lipinski definition) is 0. The molecular weight excluding hydrogens is 350 g/mol. The Morgan fingerprint density at radius 2 is 1.92 bits per heavy atom. The van der Waals surface area contributed by atoms with Crippen molar-refractivity contribution in [3.63, 3.8) is 0 Å². The molecule has 0 saturated carbocycles. The standard InChI is InChI=1S/C19H16ClN5O/c1-11-8-13(14(20)9-17(11)26-3)19-12(2)21-10-18(22-19)25-16-7-5-4-6-15(16)23-24-25/h4-10H,1-3H3. The number of hydrogen-bond acceptors (Lipinski definition) is 5. The Hall–Kier alpha value is -2.99. The monoisotopic (exact) mass is 365 g/mol. The summed E-state index contributed by atoms with van der Waals surface area (Å²) in [5.74, 6) is 1.33. The summed E-state index contributed by atoms with van der Waals surface area (Å²) in [6.07, 6.45) is 1.68. The van der Waals surface area contributed by atoms with E-state index in [1.54, 1.807) is 24.1 Å². The van der Waals surface area contributed by atoms with Gasteiger partial charge < -0.3 is 4.74 Å². The maximum absolute atomic E-state index is 6.48. The third kappa shape index (κ3) is 2.68. The number of rotatable bonds is 3. The van der Waals surface area contributed by atoms with E-state index in [-0.39, 0.29) is 0 Å². The molecule has 0 unspecified atom stereocenters. The fraction of sp³-hybridized carbons (Fsp3) is 0.158. The van der Waals surface area contributed by atoms with Crippen LogP contribution in [-0.4, -0.2) is 32.1 Å². The number of aryl methyl sites for hydroxylation is 2. The molecule has 4 aromatic rings. The minimum Gasteiger partial charge on any atom is -0.496 e. The first kappa shape index (κ1) is 16.5. The Bertz CT molecular complexity index is 1120. The molecule has 7 heteroatoms. The average molecular weight is 366 g/mol. The van der Waals surface area contributed by atoms with E-state index in [0.29, 0.717) is 16.5 Å². The highest BCUT2D eigenvalue weighted by atomic mass is 35.5. The van der Waals surface area contributed by atoms with Crippen LogP contribution in [0.5, 0.6) is 5.75 Å². The van der Waals surface area contributed by atoms with Gasteiger partial charge in [0, 0.05) is 5.56 Å². The molecule has 0 aliphatic rings. The second-order valence-electron chi connectivity index (χ2n) is 5.95. The van der Waals surface area contributed by atoms with E-state index in [2.05, 4.69) is 15.3 Å². The van der Waals surface area contributed by atoms with Gasteiger partial charge in [-0.05, 0) is 43.7 Å². The predicted octanol–water partition coefficient (Wildman–Crippen LogP) is 4.16. The lowest BCUT2D eigenvalue weighted by molar-refractivity contribution is 0.412. The average Bonchev–Trinajstić information content (AvgIpc) is 3.08.